The Hall–Kier alpha value is -1.55. The lowest BCUT2D eigenvalue weighted by Crippen LogP contribution is -2.50. The van der Waals surface area contributed by atoms with Gasteiger partial charge in [-0.2, -0.15) is 0 Å². The van der Waals surface area contributed by atoms with Crippen molar-refractivity contribution >= 4 is 11.6 Å². The molecule has 0 aromatic heterocycles. The second-order valence-electron chi connectivity index (χ2n) is 6.84. The molecule has 2 aliphatic rings. The van der Waals surface area contributed by atoms with Crippen LogP contribution in [-0.4, -0.2) is 61.5 Å². The number of hydrogen-bond donors (Lipinski definition) is 0. The first kappa shape index (κ1) is 16.3. The van der Waals surface area contributed by atoms with E-state index in [4.69, 9.17) is 0 Å². The Morgan fingerprint density at radius 1 is 0.913 bits per heavy atom. The maximum atomic E-state index is 12.5. The van der Waals surface area contributed by atoms with Crippen LogP contribution in [0.4, 0.5) is 5.69 Å². The predicted octanol–water partition coefficient (Wildman–Crippen LogP) is 2.52. The summed E-state index contributed by atoms with van der Waals surface area (Å²) in [5.74, 6) is 0.330. The molecule has 2 fully saturated rings. The molecule has 2 aliphatic heterocycles. The van der Waals surface area contributed by atoms with Crippen molar-refractivity contribution in [1.82, 2.24) is 9.80 Å². The third-order valence-electron chi connectivity index (χ3n) is 5.15. The van der Waals surface area contributed by atoms with E-state index in [9.17, 15) is 4.79 Å². The normalized spacial score (nSPS) is 20.4. The fourth-order valence-corrected chi connectivity index (χ4v) is 3.68. The maximum absolute atomic E-state index is 12.5. The van der Waals surface area contributed by atoms with Crippen LogP contribution in [0.5, 0.6) is 0 Å². The molecule has 0 saturated carbocycles. The highest BCUT2D eigenvalue weighted by atomic mass is 16.2. The van der Waals surface area contributed by atoms with Gasteiger partial charge in [-0.15, -0.1) is 0 Å². The first-order valence-corrected chi connectivity index (χ1v) is 9.05. The van der Waals surface area contributed by atoms with Gasteiger partial charge in [0.05, 0.1) is 6.54 Å². The zero-order chi connectivity index (χ0) is 16.1. The van der Waals surface area contributed by atoms with Gasteiger partial charge in [-0.05, 0) is 31.4 Å². The van der Waals surface area contributed by atoms with Crippen molar-refractivity contribution in [2.24, 2.45) is 0 Å². The summed E-state index contributed by atoms with van der Waals surface area (Å²) < 4.78 is 0. The molecule has 4 nitrogen and oxygen atoms in total. The van der Waals surface area contributed by atoms with Crippen molar-refractivity contribution in [2.45, 2.75) is 32.6 Å². The SMILES string of the molecule is Cc1ccccc1N1CCN(CC(=O)N2CCCCCC2)CC1. The highest BCUT2D eigenvalue weighted by Crippen LogP contribution is 2.20. The van der Waals surface area contributed by atoms with E-state index in [0.29, 0.717) is 12.5 Å². The van der Waals surface area contributed by atoms with Crippen molar-refractivity contribution in [3.63, 3.8) is 0 Å². The number of anilines is 1. The molecule has 0 aliphatic carbocycles. The number of likely N-dealkylation sites (tertiary alicyclic amines) is 1. The van der Waals surface area contributed by atoms with Crippen LogP contribution < -0.4 is 4.90 Å². The summed E-state index contributed by atoms with van der Waals surface area (Å²) in [5, 5.41) is 0. The van der Waals surface area contributed by atoms with E-state index in [-0.39, 0.29) is 0 Å². The molecule has 1 aromatic rings. The van der Waals surface area contributed by atoms with Crippen molar-refractivity contribution in [1.29, 1.82) is 0 Å². The molecule has 1 aromatic carbocycles. The van der Waals surface area contributed by atoms with Crippen LogP contribution in [0.1, 0.15) is 31.2 Å². The first-order chi connectivity index (χ1) is 11.2. The fourth-order valence-electron chi connectivity index (χ4n) is 3.68. The Kier molecular flexibility index (Phi) is 5.55. The number of benzene rings is 1. The molecule has 126 valence electrons. The summed E-state index contributed by atoms with van der Waals surface area (Å²) in [6, 6.07) is 8.57. The Labute approximate surface area is 140 Å². The molecule has 0 radical (unpaired) electrons. The Morgan fingerprint density at radius 3 is 2.22 bits per heavy atom. The minimum absolute atomic E-state index is 0.330. The molecule has 23 heavy (non-hydrogen) atoms. The highest BCUT2D eigenvalue weighted by Gasteiger charge is 2.22. The Balaban J connectivity index is 1.49. The number of piperazine rings is 1. The van der Waals surface area contributed by atoms with Gasteiger partial charge in [0.25, 0.3) is 0 Å². The van der Waals surface area contributed by atoms with Gasteiger partial charge in [0.1, 0.15) is 0 Å². The minimum atomic E-state index is 0.330. The molecule has 0 atom stereocenters. The summed E-state index contributed by atoms with van der Waals surface area (Å²) >= 11 is 0. The molecule has 3 rings (SSSR count). The van der Waals surface area contributed by atoms with Crippen LogP contribution >= 0.6 is 0 Å². The molecule has 0 bridgehead atoms. The lowest BCUT2D eigenvalue weighted by molar-refractivity contribution is -0.132. The van der Waals surface area contributed by atoms with E-state index in [0.717, 1.165) is 39.3 Å². The van der Waals surface area contributed by atoms with Crippen molar-refractivity contribution < 1.29 is 4.79 Å². The summed E-state index contributed by atoms with van der Waals surface area (Å²) in [7, 11) is 0. The van der Waals surface area contributed by atoms with Gasteiger partial charge in [0.2, 0.25) is 5.91 Å². The van der Waals surface area contributed by atoms with E-state index >= 15 is 0 Å². The van der Waals surface area contributed by atoms with E-state index < -0.39 is 0 Å². The largest absolute Gasteiger partial charge is 0.369 e. The van der Waals surface area contributed by atoms with Crippen LogP contribution in [0.2, 0.25) is 0 Å². The summed E-state index contributed by atoms with van der Waals surface area (Å²) in [5.41, 5.74) is 2.67. The summed E-state index contributed by atoms with van der Waals surface area (Å²) in [6.07, 6.45) is 4.90. The Morgan fingerprint density at radius 2 is 1.57 bits per heavy atom. The minimum Gasteiger partial charge on any atom is -0.369 e. The molecule has 0 unspecified atom stereocenters. The van der Waals surface area contributed by atoms with Crippen LogP contribution in [0.25, 0.3) is 0 Å². The molecule has 4 heteroatoms. The summed E-state index contributed by atoms with van der Waals surface area (Å²) in [4.78, 5) is 19.3. The van der Waals surface area contributed by atoms with Crippen molar-refractivity contribution in [2.75, 3.05) is 50.7 Å². The number of aryl methyl sites for hydroxylation is 1. The van der Waals surface area contributed by atoms with Crippen molar-refractivity contribution in [3.8, 4) is 0 Å². The monoisotopic (exact) mass is 315 g/mol. The molecule has 1 amide bonds. The molecular weight excluding hydrogens is 286 g/mol. The Bertz CT molecular complexity index is 515. The second-order valence-corrected chi connectivity index (χ2v) is 6.84. The zero-order valence-electron chi connectivity index (χ0n) is 14.3. The first-order valence-electron chi connectivity index (χ1n) is 9.05. The van der Waals surface area contributed by atoms with E-state index in [2.05, 4.69) is 45.9 Å². The van der Waals surface area contributed by atoms with E-state index in [1.54, 1.807) is 0 Å². The van der Waals surface area contributed by atoms with Gasteiger partial charge in [-0.3, -0.25) is 9.69 Å². The fraction of sp³-hybridized carbons (Fsp3) is 0.632. The topological polar surface area (TPSA) is 26.8 Å². The van der Waals surface area contributed by atoms with Crippen LogP contribution in [0.3, 0.4) is 0 Å². The average Bonchev–Trinajstić information content (AvgIpc) is 2.86. The quantitative estimate of drug-likeness (QED) is 0.857. The van der Waals surface area contributed by atoms with Crippen molar-refractivity contribution in [3.05, 3.63) is 29.8 Å². The number of para-hydroxylation sites is 1. The molecule has 2 heterocycles. The van der Waals surface area contributed by atoms with Gasteiger partial charge >= 0.3 is 0 Å². The van der Waals surface area contributed by atoms with Gasteiger partial charge in [0, 0.05) is 45.0 Å². The molecule has 0 N–H and O–H groups in total. The van der Waals surface area contributed by atoms with Gasteiger partial charge < -0.3 is 9.80 Å². The number of hydrogen-bond acceptors (Lipinski definition) is 3. The lowest BCUT2D eigenvalue weighted by atomic mass is 10.1. The maximum Gasteiger partial charge on any atom is 0.236 e. The van der Waals surface area contributed by atoms with E-state index in [1.807, 2.05) is 0 Å². The van der Waals surface area contributed by atoms with Crippen LogP contribution in [0.15, 0.2) is 24.3 Å². The van der Waals surface area contributed by atoms with Gasteiger partial charge in [0.15, 0.2) is 0 Å². The standard InChI is InChI=1S/C19H29N3O/c1-17-8-4-5-9-18(17)21-14-12-20(13-15-21)16-19(23)22-10-6-2-3-7-11-22/h4-5,8-9H,2-3,6-7,10-16H2,1H3. The number of amides is 1. The third-order valence-corrected chi connectivity index (χ3v) is 5.15. The molecule has 0 spiro atoms. The highest BCUT2D eigenvalue weighted by molar-refractivity contribution is 5.78. The third kappa shape index (κ3) is 4.25. The second kappa shape index (κ2) is 7.82. The molecular formula is C19H29N3O. The lowest BCUT2D eigenvalue weighted by Gasteiger charge is -2.37. The van der Waals surface area contributed by atoms with E-state index in [1.165, 1.54) is 36.9 Å². The average molecular weight is 315 g/mol. The summed E-state index contributed by atoms with van der Waals surface area (Å²) in [6.45, 7) is 8.67. The molecule has 2 saturated heterocycles. The zero-order valence-corrected chi connectivity index (χ0v) is 14.3. The number of carbonyl (C=O) groups excluding carboxylic acids is 1. The van der Waals surface area contributed by atoms with Crippen LogP contribution in [-0.2, 0) is 4.79 Å². The predicted molar refractivity (Wildman–Crippen MR) is 94.9 cm³/mol. The number of nitrogens with zero attached hydrogens (tertiary/aromatic N) is 3. The van der Waals surface area contributed by atoms with Crippen LogP contribution in [0, 0.1) is 6.92 Å². The van der Waals surface area contributed by atoms with Gasteiger partial charge in [-0.1, -0.05) is 31.0 Å². The smallest absolute Gasteiger partial charge is 0.236 e. The number of carbonyl (C=O) groups is 1. The number of rotatable bonds is 3. The van der Waals surface area contributed by atoms with Gasteiger partial charge in [-0.25, -0.2) is 0 Å².